The number of hydrogen-bond donors (Lipinski definition) is 1. The van der Waals surface area contributed by atoms with Crippen molar-refractivity contribution in [2.75, 3.05) is 19.6 Å². The molecule has 0 saturated heterocycles. The molecule has 0 radical (unpaired) electrons. The molecule has 4 heteroatoms. The Bertz CT molecular complexity index is 333. The van der Waals surface area contributed by atoms with Crippen molar-refractivity contribution < 1.29 is 0 Å². The van der Waals surface area contributed by atoms with E-state index < -0.39 is 0 Å². The molecular formula is C13H25N3S. The van der Waals surface area contributed by atoms with Gasteiger partial charge in [0.15, 0.2) is 0 Å². The molecule has 0 aliphatic carbocycles. The maximum Gasteiger partial charge on any atom is 0.0897 e. The highest BCUT2D eigenvalue weighted by atomic mass is 32.1. The minimum atomic E-state index is 0.181. The Morgan fingerprint density at radius 3 is 2.65 bits per heavy atom. The van der Waals surface area contributed by atoms with Gasteiger partial charge in [0.2, 0.25) is 0 Å². The fourth-order valence-electron chi connectivity index (χ4n) is 1.91. The minimum absolute atomic E-state index is 0.181. The molecule has 0 aliphatic rings. The summed E-state index contributed by atoms with van der Waals surface area (Å²) in [4.78, 5) is 6.99. The molecule has 98 valence electrons. The molecule has 0 bridgehead atoms. The Kier molecular flexibility index (Phi) is 5.56. The fourth-order valence-corrected chi connectivity index (χ4v) is 2.51. The topological polar surface area (TPSA) is 42.2 Å². The molecule has 0 atom stereocenters. The Balaban J connectivity index is 2.60. The van der Waals surface area contributed by atoms with Crippen LogP contribution in [0.15, 0.2) is 5.38 Å². The van der Waals surface area contributed by atoms with Gasteiger partial charge in [-0.25, -0.2) is 4.98 Å². The Hall–Kier alpha value is -0.450. The van der Waals surface area contributed by atoms with Crippen molar-refractivity contribution in [2.45, 2.75) is 40.7 Å². The van der Waals surface area contributed by atoms with Crippen molar-refractivity contribution in [1.29, 1.82) is 0 Å². The van der Waals surface area contributed by atoms with E-state index in [1.807, 2.05) is 0 Å². The zero-order chi connectivity index (χ0) is 12.9. The van der Waals surface area contributed by atoms with Crippen molar-refractivity contribution in [3.8, 4) is 0 Å². The molecule has 17 heavy (non-hydrogen) atoms. The molecule has 1 aromatic heterocycles. The third kappa shape index (κ3) is 5.15. The van der Waals surface area contributed by atoms with E-state index in [4.69, 9.17) is 5.73 Å². The standard InChI is InChI=1S/C13H25N3S/c1-5-6-16(10-13(3,4)9-14)7-12-8-17-11(2)15-12/h8H,5-7,9-10,14H2,1-4H3. The summed E-state index contributed by atoms with van der Waals surface area (Å²) in [6, 6.07) is 0. The third-order valence-electron chi connectivity index (χ3n) is 2.80. The van der Waals surface area contributed by atoms with Crippen LogP contribution in [-0.4, -0.2) is 29.5 Å². The second-order valence-electron chi connectivity index (χ2n) is 5.44. The number of thiazole rings is 1. The summed E-state index contributed by atoms with van der Waals surface area (Å²) in [5.74, 6) is 0. The predicted octanol–water partition coefficient (Wildman–Crippen LogP) is 2.65. The van der Waals surface area contributed by atoms with E-state index in [9.17, 15) is 0 Å². The van der Waals surface area contributed by atoms with Gasteiger partial charge < -0.3 is 5.73 Å². The van der Waals surface area contributed by atoms with Crippen LogP contribution in [0.3, 0.4) is 0 Å². The van der Waals surface area contributed by atoms with E-state index in [-0.39, 0.29) is 5.41 Å². The molecule has 0 amide bonds. The van der Waals surface area contributed by atoms with Crippen LogP contribution in [0.1, 0.15) is 37.9 Å². The van der Waals surface area contributed by atoms with Crippen LogP contribution < -0.4 is 5.73 Å². The number of hydrogen-bond acceptors (Lipinski definition) is 4. The van der Waals surface area contributed by atoms with Gasteiger partial charge in [-0.3, -0.25) is 4.90 Å². The van der Waals surface area contributed by atoms with E-state index in [2.05, 4.69) is 43.0 Å². The summed E-state index contributed by atoms with van der Waals surface area (Å²) in [7, 11) is 0. The molecule has 0 saturated carbocycles. The van der Waals surface area contributed by atoms with Crippen molar-refractivity contribution >= 4 is 11.3 Å². The molecule has 2 N–H and O–H groups in total. The number of nitrogens with zero attached hydrogens (tertiary/aromatic N) is 2. The van der Waals surface area contributed by atoms with Gasteiger partial charge in [-0.2, -0.15) is 0 Å². The highest BCUT2D eigenvalue weighted by Gasteiger charge is 2.20. The maximum atomic E-state index is 5.81. The van der Waals surface area contributed by atoms with E-state index in [1.165, 1.54) is 12.1 Å². The molecular weight excluding hydrogens is 230 g/mol. The fraction of sp³-hybridized carbons (Fsp3) is 0.769. The van der Waals surface area contributed by atoms with E-state index in [0.717, 1.165) is 31.2 Å². The van der Waals surface area contributed by atoms with Crippen LogP contribution in [-0.2, 0) is 6.54 Å². The van der Waals surface area contributed by atoms with E-state index >= 15 is 0 Å². The van der Waals surface area contributed by atoms with Gasteiger partial charge in [0.05, 0.1) is 10.7 Å². The third-order valence-corrected chi connectivity index (χ3v) is 3.62. The summed E-state index contributed by atoms with van der Waals surface area (Å²) in [6.45, 7) is 12.5. The first-order chi connectivity index (χ1) is 7.96. The quantitative estimate of drug-likeness (QED) is 0.814. The lowest BCUT2D eigenvalue weighted by atomic mass is 9.93. The smallest absolute Gasteiger partial charge is 0.0897 e. The largest absolute Gasteiger partial charge is 0.330 e. The number of aryl methyl sites for hydroxylation is 1. The second-order valence-corrected chi connectivity index (χ2v) is 6.50. The van der Waals surface area contributed by atoms with Gasteiger partial charge in [0, 0.05) is 18.5 Å². The van der Waals surface area contributed by atoms with Crippen molar-refractivity contribution in [3.63, 3.8) is 0 Å². The molecule has 0 aromatic carbocycles. The van der Waals surface area contributed by atoms with Gasteiger partial charge in [-0.1, -0.05) is 20.8 Å². The summed E-state index contributed by atoms with van der Waals surface area (Å²) < 4.78 is 0. The summed E-state index contributed by atoms with van der Waals surface area (Å²) >= 11 is 1.73. The van der Waals surface area contributed by atoms with Crippen LogP contribution in [0, 0.1) is 12.3 Å². The first kappa shape index (κ1) is 14.6. The molecule has 0 aliphatic heterocycles. The summed E-state index contributed by atoms with van der Waals surface area (Å²) in [5.41, 5.74) is 7.18. The monoisotopic (exact) mass is 255 g/mol. The zero-order valence-electron chi connectivity index (χ0n) is 11.5. The van der Waals surface area contributed by atoms with Gasteiger partial charge in [-0.15, -0.1) is 11.3 Å². The highest BCUT2D eigenvalue weighted by molar-refractivity contribution is 7.09. The lowest BCUT2D eigenvalue weighted by Crippen LogP contribution is -2.38. The number of rotatable bonds is 7. The normalized spacial score (nSPS) is 12.4. The van der Waals surface area contributed by atoms with Crippen molar-refractivity contribution in [2.24, 2.45) is 11.1 Å². The van der Waals surface area contributed by atoms with E-state index in [0.29, 0.717) is 0 Å². The van der Waals surface area contributed by atoms with Gasteiger partial charge in [-0.05, 0) is 31.8 Å². The van der Waals surface area contributed by atoms with Crippen LogP contribution in [0.5, 0.6) is 0 Å². The molecule has 0 fully saturated rings. The van der Waals surface area contributed by atoms with Gasteiger partial charge >= 0.3 is 0 Å². The lowest BCUT2D eigenvalue weighted by molar-refractivity contribution is 0.174. The second kappa shape index (κ2) is 6.47. The predicted molar refractivity (Wildman–Crippen MR) is 75.3 cm³/mol. The Morgan fingerprint density at radius 2 is 2.18 bits per heavy atom. The molecule has 0 unspecified atom stereocenters. The summed E-state index contributed by atoms with van der Waals surface area (Å²) in [5, 5.41) is 3.31. The molecule has 3 nitrogen and oxygen atoms in total. The van der Waals surface area contributed by atoms with Gasteiger partial charge in [0.1, 0.15) is 0 Å². The zero-order valence-corrected chi connectivity index (χ0v) is 12.3. The van der Waals surface area contributed by atoms with Crippen molar-refractivity contribution in [1.82, 2.24) is 9.88 Å². The number of nitrogens with two attached hydrogens (primary N) is 1. The molecule has 1 heterocycles. The van der Waals surface area contributed by atoms with Crippen LogP contribution in [0.25, 0.3) is 0 Å². The molecule has 1 rings (SSSR count). The Morgan fingerprint density at radius 1 is 1.47 bits per heavy atom. The van der Waals surface area contributed by atoms with E-state index in [1.54, 1.807) is 11.3 Å². The van der Waals surface area contributed by atoms with Gasteiger partial charge in [0.25, 0.3) is 0 Å². The first-order valence-corrected chi connectivity index (χ1v) is 7.18. The molecule has 1 aromatic rings. The summed E-state index contributed by atoms with van der Waals surface area (Å²) in [6.07, 6.45) is 1.17. The average molecular weight is 255 g/mol. The van der Waals surface area contributed by atoms with Crippen molar-refractivity contribution in [3.05, 3.63) is 16.1 Å². The first-order valence-electron chi connectivity index (χ1n) is 6.30. The Labute approximate surface area is 109 Å². The minimum Gasteiger partial charge on any atom is -0.330 e. The highest BCUT2D eigenvalue weighted by Crippen LogP contribution is 2.18. The van der Waals surface area contributed by atoms with Crippen LogP contribution in [0.2, 0.25) is 0 Å². The number of aromatic nitrogens is 1. The van der Waals surface area contributed by atoms with Crippen LogP contribution in [0.4, 0.5) is 0 Å². The molecule has 0 spiro atoms. The maximum absolute atomic E-state index is 5.81. The lowest BCUT2D eigenvalue weighted by Gasteiger charge is -2.31. The van der Waals surface area contributed by atoms with Crippen LogP contribution >= 0.6 is 11.3 Å². The SMILES string of the molecule is CCCN(Cc1csc(C)n1)CC(C)(C)CN. The average Bonchev–Trinajstić information content (AvgIpc) is 2.64.